The van der Waals surface area contributed by atoms with E-state index in [1.165, 1.54) is 22.3 Å². The van der Waals surface area contributed by atoms with Crippen LogP contribution in [0, 0.1) is 19.8 Å². The molecule has 1 N–H and O–H groups in total. The zero-order valence-electron chi connectivity index (χ0n) is 15.6. The van der Waals surface area contributed by atoms with E-state index in [0.717, 1.165) is 6.42 Å². The quantitative estimate of drug-likeness (QED) is 0.811. The van der Waals surface area contributed by atoms with Crippen LogP contribution in [0.15, 0.2) is 12.1 Å². The molecule has 0 bridgehead atoms. The van der Waals surface area contributed by atoms with E-state index in [2.05, 4.69) is 59.0 Å². The van der Waals surface area contributed by atoms with Crippen molar-refractivity contribution in [2.45, 2.75) is 79.7 Å². The summed E-state index contributed by atoms with van der Waals surface area (Å²) in [6.07, 6.45) is 1.59. The minimum absolute atomic E-state index is 0.135. The molecule has 0 heterocycles. The monoisotopic (exact) mass is 303 g/mol. The van der Waals surface area contributed by atoms with Gasteiger partial charge in [0, 0.05) is 12.5 Å². The first kappa shape index (κ1) is 18.7. The van der Waals surface area contributed by atoms with Crippen LogP contribution in [0.1, 0.15) is 70.2 Å². The van der Waals surface area contributed by atoms with Gasteiger partial charge in [0.15, 0.2) is 0 Å². The summed E-state index contributed by atoms with van der Waals surface area (Å²) in [5, 5.41) is 3.02. The molecule has 22 heavy (non-hydrogen) atoms. The van der Waals surface area contributed by atoms with Gasteiger partial charge in [0.2, 0.25) is 5.91 Å². The number of hydrogen-bond donors (Lipinski definition) is 1. The van der Waals surface area contributed by atoms with Crippen molar-refractivity contribution >= 4 is 5.91 Å². The lowest BCUT2D eigenvalue weighted by Gasteiger charge is -2.30. The second-order valence-corrected chi connectivity index (χ2v) is 8.00. The number of amides is 1. The van der Waals surface area contributed by atoms with Crippen molar-refractivity contribution in [2.24, 2.45) is 5.92 Å². The van der Waals surface area contributed by atoms with Crippen LogP contribution < -0.4 is 5.32 Å². The molecule has 0 radical (unpaired) electrons. The molecule has 0 atom stereocenters. The van der Waals surface area contributed by atoms with Crippen molar-refractivity contribution in [3.63, 3.8) is 0 Å². The van der Waals surface area contributed by atoms with E-state index >= 15 is 0 Å². The van der Waals surface area contributed by atoms with Gasteiger partial charge < -0.3 is 5.32 Å². The SMILES string of the molecule is Cc1cc(C)c(C(C)(C)CC(=O)NC(C)C)c(CC(C)C)c1. The standard InChI is InChI=1S/C20H33NO/c1-13(2)9-17-11-15(5)10-16(6)19(17)20(7,8)12-18(22)21-14(3)4/h10-11,13-14H,9,12H2,1-8H3,(H,21,22). The Morgan fingerprint density at radius 2 is 1.73 bits per heavy atom. The third kappa shape index (κ3) is 5.15. The molecule has 0 aliphatic rings. The van der Waals surface area contributed by atoms with E-state index in [-0.39, 0.29) is 17.4 Å². The van der Waals surface area contributed by atoms with Crippen molar-refractivity contribution < 1.29 is 4.79 Å². The van der Waals surface area contributed by atoms with E-state index in [1.54, 1.807) is 0 Å². The Morgan fingerprint density at radius 1 is 1.14 bits per heavy atom. The van der Waals surface area contributed by atoms with Gasteiger partial charge in [-0.15, -0.1) is 0 Å². The first-order valence-corrected chi connectivity index (χ1v) is 8.43. The largest absolute Gasteiger partial charge is 0.354 e. The molecule has 2 heteroatoms. The molecule has 0 saturated carbocycles. The summed E-state index contributed by atoms with van der Waals surface area (Å²) in [6.45, 7) is 17.2. The number of aryl methyl sites for hydroxylation is 2. The molecule has 0 fully saturated rings. The number of nitrogens with one attached hydrogen (secondary N) is 1. The van der Waals surface area contributed by atoms with Gasteiger partial charge in [-0.3, -0.25) is 4.79 Å². The average Bonchev–Trinajstić information content (AvgIpc) is 2.22. The summed E-state index contributed by atoms with van der Waals surface area (Å²) in [5.74, 6) is 0.746. The molecule has 0 aromatic heterocycles. The zero-order chi connectivity index (χ0) is 17.1. The second kappa shape index (κ2) is 7.30. The average molecular weight is 303 g/mol. The van der Waals surface area contributed by atoms with Gasteiger partial charge in [0.1, 0.15) is 0 Å². The molecular formula is C20H33NO. The van der Waals surface area contributed by atoms with Crippen molar-refractivity contribution in [3.8, 4) is 0 Å². The van der Waals surface area contributed by atoms with Crippen LogP contribution in [0.3, 0.4) is 0 Å². The molecule has 0 spiro atoms. The van der Waals surface area contributed by atoms with Gasteiger partial charge >= 0.3 is 0 Å². The van der Waals surface area contributed by atoms with E-state index in [0.29, 0.717) is 12.3 Å². The van der Waals surface area contributed by atoms with Gasteiger partial charge in [0.25, 0.3) is 0 Å². The molecule has 1 aromatic carbocycles. The predicted molar refractivity (Wildman–Crippen MR) is 95.4 cm³/mol. The van der Waals surface area contributed by atoms with Gasteiger partial charge in [-0.2, -0.15) is 0 Å². The lowest BCUT2D eigenvalue weighted by Crippen LogP contribution is -2.35. The van der Waals surface area contributed by atoms with Crippen LogP contribution >= 0.6 is 0 Å². The lowest BCUT2D eigenvalue weighted by molar-refractivity contribution is -0.122. The van der Waals surface area contributed by atoms with Crippen LogP contribution in [0.25, 0.3) is 0 Å². The van der Waals surface area contributed by atoms with Gasteiger partial charge in [-0.25, -0.2) is 0 Å². The first-order chi connectivity index (χ1) is 10.0. The van der Waals surface area contributed by atoms with E-state index in [1.807, 2.05) is 13.8 Å². The van der Waals surface area contributed by atoms with Crippen LogP contribution in [0.5, 0.6) is 0 Å². The first-order valence-electron chi connectivity index (χ1n) is 8.43. The Morgan fingerprint density at radius 3 is 2.23 bits per heavy atom. The topological polar surface area (TPSA) is 29.1 Å². The Hall–Kier alpha value is -1.31. The van der Waals surface area contributed by atoms with Gasteiger partial charge in [0.05, 0.1) is 0 Å². The highest BCUT2D eigenvalue weighted by Gasteiger charge is 2.29. The molecule has 1 aromatic rings. The third-order valence-corrected chi connectivity index (χ3v) is 3.92. The van der Waals surface area contributed by atoms with E-state index in [9.17, 15) is 4.79 Å². The number of hydrogen-bond acceptors (Lipinski definition) is 1. The zero-order valence-corrected chi connectivity index (χ0v) is 15.6. The lowest BCUT2D eigenvalue weighted by atomic mass is 9.74. The maximum atomic E-state index is 12.2. The number of rotatable bonds is 6. The highest BCUT2D eigenvalue weighted by atomic mass is 16.1. The molecule has 0 saturated heterocycles. The van der Waals surface area contributed by atoms with E-state index in [4.69, 9.17) is 0 Å². The van der Waals surface area contributed by atoms with Gasteiger partial charge in [-0.05, 0) is 62.1 Å². The Bertz CT molecular complexity index is 527. The summed E-state index contributed by atoms with van der Waals surface area (Å²) in [4.78, 5) is 12.2. The Balaban J connectivity index is 3.19. The van der Waals surface area contributed by atoms with Crippen LogP contribution in [-0.4, -0.2) is 11.9 Å². The molecule has 0 unspecified atom stereocenters. The van der Waals surface area contributed by atoms with Gasteiger partial charge in [-0.1, -0.05) is 45.4 Å². The molecule has 1 rings (SSSR count). The number of carbonyl (C=O) groups is 1. The van der Waals surface area contributed by atoms with Crippen molar-refractivity contribution in [3.05, 3.63) is 34.4 Å². The van der Waals surface area contributed by atoms with Crippen LogP contribution in [-0.2, 0) is 16.6 Å². The summed E-state index contributed by atoms with van der Waals surface area (Å²) in [5.41, 5.74) is 5.21. The summed E-state index contributed by atoms with van der Waals surface area (Å²) < 4.78 is 0. The highest BCUT2D eigenvalue weighted by Crippen LogP contribution is 2.34. The van der Waals surface area contributed by atoms with Crippen molar-refractivity contribution in [1.29, 1.82) is 0 Å². The molecule has 124 valence electrons. The normalized spacial score (nSPS) is 12.1. The van der Waals surface area contributed by atoms with Crippen LogP contribution in [0.4, 0.5) is 0 Å². The Labute approximate surface area is 136 Å². The maximum Gasteiger partial charge on any atom is 0.221 e. The Kier molecular flexibility index (Phi) is 6.22. The summed E-state index contributed by atoms with van der Waals surface area (Å²) >= 11 is 0. The maximum absolute atomic E-state index is 12.2. The van der Waals surface area contributed by atoms with E-state index < -0.39 is 0 Å². The molecule has 0 aliphatic heterocycles. The summed E-state index contributed by atoms with van der Waals surface area (Å²) in [7, 11) is 0. The molecule has 0 aliphatic carbocycles. The fraction of sp³-hybridized carbons (Fsp3) is 0.650. The third-order valence-electron chi connectivity index (χ3n) is 3.92. The van der Waals surface area contributed by atoms with Crippen LogP contribution in [0.2, 0.25) is 0 Å². The number of carbonyl (C=O) groups excluding carboxylic acids is 1. The smallest absolute Gasteiger partial charge is 0.221 e. The number of benzene rings is 1. The predicted octanol–water partition coefficient (Wildman–Crippen LogP) is 4.69. The summed E-state index contributed by atoms with van der Waals surface area (Å²) in [6, 6.07) is 4.73. The molecule has 1 amide bonds. The van der Waals surface area contributed by atoms with Crippen molar-refractivity contribution in [2.75, 3.05) is 0 Å². The van der Waals surface area contributed by atoms with Crippen molar-refractivity contribution in [1.82, 2.24) is 5.32 Å². The fourth-order valence-corrected chi connectivity index (χ4v) is 3.49. The second-order valence-electron chi connectivity index (χ2n) is 8.00. The fourth-order valence-electron chi connectivity index (χ4n) is 3.49. The molecular weight excluding hydrogens is 270 g/mol. The highest BCUT2D eigenvalue weighted by molar-refractivity contribution is 5.78. The molecule has 2 nitrogen and oxygen atoms in total. The minimum Gasteiger partial charge on any atom is -0.354 e. The minimum atomic E-state index is -0.152.